The van der Waals surface area contributed by atoms with Crippen molar-refractivity contribution in [2.45, 2.75) is 51.0 Å². The molecule has 0 radical (unpaired) electrons. The van der Waals surface area contributed by atoms with Gasteiger partial charge in [-0.1, -0.05) is 31.1 Å². The molecular weight excluding hydrogens is 286 g/mol. The fourth-order valence-electron chi connectivity index (χ4n) is 4.78. The minimum Gasteiger partial charge on any atom is -0.409 e. The van der Waals surface area contributed by atoms with Gasteiger partial charge in [-0.2, -0.15) is 0 Å². The predicted octanol–water partition coefficient (Wildman–Crippen LogP) is 2.72. The standard InChI is InChI=1S/C19H27N3O/c1-12-17-10-14-5-6-15(18(20)21-23)9-16(14)19(12,2)7-8-22(17)11-13-3-4-13/h5-6,9,12-13,17,23H,3-4,7-8,10-11H2,1-2H3,(H2,20,21)/t12?,17-,19-/m1/s1. The van der Waals surface area contributed by atoms with E-state index in [-0.39, 0.29) is 11.3 Å². The minimum atomic E-state index is 0.198. The summed E-state index contributed by atoms with van der Waals surface area (Å²) in [6.07, 6.45) is 5.18. The van der Waals surface area contributed by atoms with Crippen molar-refractivity contribution >= 4 is 5.84 Å². The van der Waals surface area contributed by atoms with Gasteiger partial charge in [-0.05, 0) is 66.7 Å². The van der Waals surface area contributed by atoms with Gasteiger partial charge in [-0.15, -0.1) is 0 Å². The Balaban J connectivity index is 1.71. The van der Waals surface area contributed by atoms with Gasteiger partial charge in [-0.25, -0.2) is 0 Å². The number of amidine groups is 1. The number of hydrogen-bond donors (Lipinski definition) is 2. The Morgan fingerprint density at radius 3 is 2.91 bits per heavy atom. The molecule has 2 bridgehead atoms. The molecule has 2 fully saturated rings. The lowest BCUT2D eigenvalue weighted by Gasteiger charge is -2.55. The van der Waals surface area contributed by atoms with Crippen LogP contribution < -0.4 is 5.73 Å². The molecule has 1 heterocycles. The molecule has 1 aliphatic heterocycles. The summed E-state index contributed by atoms with van der Waals surface area (Å²) in [5, 5.41) is 12.1. The molecule has 1 unspecified atom stereocenters. The van der Waals surface area contributed by atoms with Crippen molar-refractivity contribution in [3.8, 4) is 0 Å². The van der Waals surface area contributed by atoms with Crippen LogP contribution in [0.15, 0.2) is 23.4 Å². The van der Waals surface area contributed by atoms with Crippen LogP contribution in [0.4, 0.5) is 0 Å². The zero-order chi connectivity index (χ0) is 16.2. The minimum absolute atomic E-state index is 0.198. The van der Waals surface area contributed by atoms with Crippen LogP contribution in [0.25, 0.3) is 0 Å². The number of fused-ring (bicyclic) bond motifs is 4. The summed E-state index contributed by atoms with van der Waals surface area (Å²) in [7, 11) is 0. The summed E-state index contributed by atoms with van der Waals surface area (Å²) in [6, 6.07) is 7.01. The van der Waals surface area contributed by atoms with Gasteiger partial charge >= 0.3 is 0 Å². The molecule has 1 saturated carbocycles. The molecule has 3 aliphatic rings. The van der Waals surface area contributed by atoms with E-state index in [0.717, 1.165) is 17.9 Å². The highest BCUT2D eigenvalue weighted by Crippen LogP contribution is 2.49. The molecule has 0 spiro atoms. The third kappa shape index (κ3) is 2.35. The second-order valence-electron chi connectivity index (χ2n) is 8.02. The SMILES string of the molecule is CC1[C@H]2Cc3ccc(C(N)=NO)cc3[C@]1(C)CCN2CC1CC1. The van der Waals surface area contributed by atoms with E-state index < -0.39 is 0 Å². The molecule has 3 N–H and O–H groups in total. The van der Waals surface area contributed by atoms with Crippen molar-refractivity contribution in [2.75, 3.05) is 13.1 Å². The van der Waals surface area contributed by atoms with Crippen LogP contribution in [0.1, 0.15) is 49.8 Å². The Bertz CT molecular complexity index is 652. The van der Waals surface area contributed by atoms with Crippen molar-refractivity contribution in [2.24, 2.45) is 22.7 Å². The lowest BCUT2D eigenvalue weighted by atomic mass is 9.59. The second kappa shape index (κ2) is 5.23. The highest BCUT2D eigenvalue weighted by molar-refractivity contribution is 5.97. The fourth-order valence-corrected chi connectivity index (χ4v) is 4.78. The molecule has 4 heteroatoms. The largest absolute Gasteiger partial charge is 0.409 e. The number of likely N-dealkylation sites (tertiary alicyclic amines) is 1. The van der Waals surface area contributed by atoms with Gasteiger partial charge in [0, 0.05) is 18.2 Å². The van der Waals surface area contributed by atoms with Gasteiger partial charge in [0.15, 0.2) is 5.84 Å². The summed E-state index contributed by atoms with van der Waals surface area (Å²) >= 11 is 0. The monoisotopic (exact) mass is 313 g/mol. The van der Waals surface area contributed by atoms with Crippen molar-refractivity contribution in [3.63, 3.8) is 0 Å². The zero-order valence-corrected chi connectivity index (χ0v) is 14.1. The van der Waals surface area contributed by atoms with E-state index in [0.29, 0.717) is 12.0 Å². The summed E-state index contributed by atoms with van der Waals surface area (Å²) < 4.78 is 0. The molecule has 4 rings (SSSR count). The molecule has 3 atom stereocenters. The number of oxime groups is 1. The molecule has 2 aliphatic carbocycles. The predicted molar refractivity (Wildman–Crippen MR) is 91.9 cm³/mol. The quantitative estimate of drug-likeness (QED) is 0.390. The van der Waals surface area contributed by atoms with E-state index in [1.54, 1.807) is 0 Å². The Morgan fingerprint density at radius 2 is 2.22 bits per heavy atom. The molecule has 23 heavy (non-hydrogen) atoms. The van der Waals surface area contributed by atoms with Gasteiger partial charge in [0.1, 0.15) is 0 Å². The maximum atomic E-state index is 8.97. The number of hydrogen-bond acceptors (Lipinski definition) is 3. The molecule has 4 nitrogen and oxygen atoms in total. The third-order valence-corrected chi connectivity index (χ3v) is 6.72. The van der Waals surface area contributed by atoms with Crippen LogP contribution in [0.2, 0.25) is 0 Å². The van der Waals surface area contributed by atoms with Gasteiger partial charge in [0.05, 0.1) is 0 Å². The Kier molecular flexibility index (Phi) is 3.41. The molecule has 1 aromatic rings. The molecule has 1 aromatic carbocycles. The Labute approximate surface area is 138 Å². The summed E-state index contributed by atoms with van der Waals surface area (Å²) in [6.45, 7) is 7.33. The van der Waals surface area contributed by atoms with Crippen LogP contribution in [0.3, 0.4) is 0 Å². The van der Waals surface area contributed by atoms with E-state index in [9.17, 15) is 0 Å². The average Bonchev–Trinajstić information content (AvgIpc) is 3.36. The zero-order valence-electron chi connectivity index (χ0n) is 14.1. The summed E-state index contributed by atoms with van der Waals surface area (Å²) in [4.78, 5) is 2.75. The molecular formula is C19H27N3O. The first-order chi connectivity index (χ1) is 11.0. The number of benzene rings is 1. The van der Waals surface area contributed by atoms with Gasteiger partial charge < -0.3 is 10.9 Å². The molecule has 0 aromatic heterocycles. The maximum Gasteiger partial charge on any atom is 0.170 e. The van der Waals surface area contributed by atoms with E-state index in [1.165, 1.54) is 43.5 Å². The Hall–Kier alpha value is -1.55. The van der Waals surface area contributed by atoms with Gasteiger partial charge in [0.2, 0.25) is 0 Å². The summed E-state index contributed by atoms with van der Waals surface area (Å²) in [5.41, 5.74) is 9.70. The topological polar surface area (TPSA) is 61.9 Å². The molecule has 1 saturated heterocycles. The second-order valence-corrected chi connectivity index (χ2v) is 8.02. The van der Waals surface area contributed by atoms with Crippen LogP contribution in [-0.4, -0.2) is 35.1 Å². The maximum absolute atomic E-state index is 8.97. The lowest BCUT2D eigenvalue weighted by Crippen LogP contribution is -2.58. The highest BCUT2D eigenvalue weighted by Gasteiger charge is 2.49. The van der Waals surface area contributed by atoms with Crippen LogP contribution in [0.5, 0.6) is 0 Å². The van der Waals surface area contributed by atoms with Crippen molar-refractivity contribution in [3.05, 3.63) is 34.9 Å². The average molecular weight is 313 g/mol. The lowest BCUT2D eigenvalue weighted by molar-refractivity contribution is 0.0284. The third-order valence-electron chi connectivity index (χ3n) is 6.72. The van der Waals surface area contributed by atoms with Gasteiger partial charge in [-0.3, -0.25) is 4.90 Å². The number of piperidine rings is 1. The normalized spacial score (nSPS) is 34.3. The van der Waals surface area contributed by atoms with Crippen molar-refractivity contribution in [1.82, 2.24) is 4.90 Å². The van der Waals surface area contributed by atoms with E-state index in [1.807, 2.05) is 6.07 Å². The first kappa shape index (κ1) is 15.0. The van der Waals surface area contributed by atoms with Gasteiger partial charge in [0.25, 0.3) is 0 Å². The smallest absolute Gasteiger partial charge is 0.170 e. The number of nitrogens with two attached hydrogens (primary N) is 1. The Morgan fingerprint density at radius 1 is 1.43 bits per heavy atom. The molecule has 0 amide bonds. The van der Waals surface area contributed by atoms with Crippen LogP contribution in [-0.2, 0) is 11.8 Å². The van der Waals surface area contributed by atoms with Crippen LogP contribution in [0, 0.1) is 11.8 Å². The molecule has 124 valence electrons. The van der Waals surface area contributed by atoms with E-state index in [4.69, 9.17) is 10.9 Å². The van der Waals surface area contributed by atoms with Crippen molar-refractivity contribution in [1.29, 1.82) is 0 Å². The van der Waals surface area contributed by atoms with Crippen LogP contribution >= 0.6 is 0 Å². The number of rotatable bonds is 3. The van der Waals surface area contributed by atoms with Crippen molar-refractivity contribution < 1.29 is 5.21 Å². The highest BCUT2D eigenvalue weighted by atomic mass is 16.4. The first-order valence-corrected chi connectivity index (χ1v) is 8.88. The number of nitrogens with zero attached hydrogens (tertiary/aromatic N) is 2. The first-order valence-electron chi connectivity index (χ1n) is 8.88. The van der Waals surface area contributed by atoms with E-state index in [2.05, 4.69) is 36.0 Å². The van der Waals surface area contributed by atoms with E-state index >= 15 is 0 Å². The fraction of sp³-hybridized carbons (Fsp3) is 0.632. The summed E-state index contributed by atoms with van der Waals surface area (Å²) in [5.74, 6) is 1.80.